The van der Waals surface area contributed by atoms with Crippen molar-refractivity contribution in [2.75, 3.05) is 7.11 Å². The molecule has 0 aliphatic carbocycles. The Hall–Kier alpha value is -4.04. The Morgan fingerprint density at radius 1 is 1.06 bits per heavy atom. The van der Waals surface area contributed by atoms with Gasteiger partial charge >= 0.3 is 5.97 Å². The van der Waals surface area contributed by atoms with E-state index in [4.69, 9.17) is 21.4 Å². The van der Waals surface area contributed by atoms with E-state index >= 15 is 0 Å². The van der Waals surface area contributed by atoms with Crippen LogP contribution in [0.5, 0.6) is 0 Å². The van der Waals surface area contributed by atoms with E-state index in [-0.39, 0.29) is 12.1 Å². The molecular weight excluding hydrogens is 448 g/mol. The number of nitrogens with zero attached hydrogens (tertiary/aromatic N) is 3. The van der Waals surface area contributed by atoms with Crippen molar-refractivity contribution < 1.29 is 13.9 Å². The quantitative estimate of drug-likeness (QED) is 0.321. The number of methoxy groups -OCH3 is 1. The predicted molar refractivity (Wildman–Crippen MR) is 131 cm³/mol. The van der Waals surface area contributed by atoms with Gasteiger partial charge in [0.15, 0.2) is 5.11 Å². The molecular formula is C26H22N4O3S. The highest BCUT2D eigenvalue weighted by atomic mass is 32.1. The number of benzene rings is 1. The van der Waals surface area contributed by atoms with Crippen molar-refractivity contribution in [3.63, 3.8) is 0 Å². The number of ether oxygens (including phenoxy) is 1. The summed E-state index contributed by atoms with van der Waals surface area (Å²) >= 11 is 5.72. The topological polar surface area (TPSA) is 80.5 Å². The van der Waals surface area contributed by atoms with E-state index in [1.165, 1.54) is 7.11 Å². The molecule has 0 radical (unpaired) electrons. The van der Waals surface area contributed by atoms with Gasteiger partial charge in [-0.2, -0.15) is 0 Å². The summed E-state index contributed by atoms with van der Waals surface area (Å²) in [5.41, 5.74) is 3.01. The van der Waals surface area contributed by atoms with Gasteiger partial charge in [0.05, 0.1) is 36.6 Å². The van der Waals surface area contributed by atoms with E-state index in [9.17, 15) is 4.79 Å². The molecule has 1 aliphatic heterocycles. The molecule has 4 aromatic rings. The lowest BCUT2D eigenvalue weighted by atomic mass is 10.0. The molecule has 3 aromatic heterocycles. The SMILES string of the molecule is COC(=O)c1cccc(-c2ccc([C@H]3[C@H](c4ccccn4)NC(=S)N3Cc3ccccn3)o2)c1. The fraction of sp³-hybridized carbons (Fsp3) is 0.154. The van der Waals surface area contributed by atoms with Crippen LogP contribution in [0, 0.1) is 0 Å². The highest BCUT2D eigenvalue weighted by Crippen LogP contribution is 2.41. The van der Waals surface area contributed by atoms with Gasteiger partial charge in [-0.1, -0.05) is 24.3 Å². The molecule has 0 amide bonds. The van der Waals surface area contributed by atoms with Crippen LogP contribution in [-0.2, 0) is 11.3 Å². The summed E-state index contributed by atoms with van der Waals surface area (Å²) in [4.78, 5) is 23.1. The minimum Gasteiger partial charge on any atom is -0.465 e. The third kappa shape index (κ3) is 4.27. The predicted octanol–water partition coefficient (Wildman–Crippen LogP) is 4.70. The van der Waals surface area contributed by atoms with Gasteiger partial charge in [-0.3, -0.25) is 9.97 Å². The monoisotopic (exact) mass is 470 g/mol. The first-order chi connectivity index (χ1) is 16.6. The molecule has 1 saturated heterocycles. The Morgan fingerprint density at radius 2 is 1.88 bits per heavy atom. The van der Waals surface area contributed by atoms with Gasteiger partial charge in [0, 0.05) is 18.0 Å². The van der Waals surface area contributed by atoms with Crippen molar-refractivity contribution in [1.82, 2.24) is 20.2 Å². The highest BCUT2D eigenvalue weighted by molar-refractivity contribution is 7.80. The van der Waals surface area contributed by atoms with Crippen LogP contribution in [-0.4, -0.2) is 33.1 Å². The van der Waals surface area contributed by atoms with Crippen molar-refractivity contribution in [3.8, 4) is 11.3 Å². The fourth-order valence-electron chi connectivity index (χ4n) is 4.14. The van der Waals surface area contributed by atoms with Gasteiger partial charge in [0.2, 0.25) is 0 Å². The van der Waals surface area contributed by atoms with Crippen molar-refractivity contribution in [2.24, 2.45) is 0 Å². The van der Waals surface area contributed by atoms with E-state index in [1.807, 2.05) is 54.6 Å². The molecule has 1 aromatic carbocycles. The molecule has 0 spiro atoms. The Kier molecular flexibility index (Phi) is 6.05. The minimum absolute atomic E-state index is 0.196. The molecule has 0 unspecified atom stereocenters. The van der Waals surface area contributed by atoms with Crippen LogP contribution in [0.4, 0.5) is 0 Å². The number of carbonyl (C=O) groups excluding carboxylic acids is 1. The number of esters is 1. The first kappa shape index (κ1) is 21.8. The number of hydrogen-bond acceptors (Lipinski definition) is 6. The van der Waals surface area contributed by atoms with E-state index in [0.29, 0.717) is 23.0 Å². The van der Waals surface area contributed by atoms with E-state index in [1.54, 1.807) is 30.6 Å². The Morgan fingerprint density at radius 3 is 2.62 bits per heavy atom. The van der Waals surface area contributed by atoms with Crippen molar-refractivity contribution in [1.29, 1.82) is 0 Å². The highest BCUT2D eigenvalue weighted by Gasteiger charge is 2.41. The second-order valence-electron chi connectivity index (χ2n) is 7.85. The summed E-state index contributed by atoms with van der Waals surface area (Å²) in [7, 11) is 1.37. The molecule has 8 heteroatoms. The molecule has 0 saturated carbocycles. The number of rotatable bonds is 6. The molecule has 4 heterocycles. The average Bonchev–Trinajstić information content (AvgIpc) is 3.50. The van der Waals surface area contributed by atoms with Crippen LogP contribution >= 0.6 is 12.2 Å². The number of nitrogens with one attached hydrogen (secondary N) is 1. The molecule has 0 bridgehead atoms. The van der Waals surface area contributed by atoms with Crippen LogP contribution in [0.3, 0.4) is 0 Å². The summed E-state index contributed by atoms with van der Waals surface area (Å²) < 4.78 is 11.2. The van der Waals surface area contributed by atoms with E-state index in [2.05, 4.69) is 20.2 Å². The smallest absolute Gasteiger partial charge is 0.337 e. The van der Waals surface area contributed by atoms with Crippen LogP contribution in [0.2, 0.25) is 0 Å². The second kappa shape index (κ2) is 9.44. The first-order valence-electron chi connectivity index (χ1n) is 10.8. The average molecular weight is 471 g/mol. The second-order valence-corrected chi connectivity index (χ2v) is 8.24. The third-order valence-corrected chi connectivity index (χ3v) is 6.10. The minimum atomic E-state index is -0.393. The van der Waals surface area contributed by atoms with Gasteiger partial charge in [0.1, 0.15) is 17.6 Å². The zero-order valence-corrected chi connectivity index (χ0v) is 19.2. The molecule has 170 valence electrons. The normalized spacial score (nSPS) is 17.4. The Bertz CT molecular complexity index is 1310. The van der Waals surface area contributed by atoms with Gasteiger partial charge in [-0.05, 0) is 60.7 Å². The van der Waals surface area contributed by atoms with E-state index in [0.717, 1.165) is 22.7 Å². The van der Waals surface area contributed by atoms with Gasteiger partial charge in [-0.25, -0.2) is 4.79 Å². The molecule has 7 nitrogen and oxygen atoms in total. The summed E-state index contributed by atoms with van der Waals surface area (Å²) in [5, 5.41) is 4.02. The maximum absolute atomic E-state index is 12.0. The fourth-order valence-corrected chi connectivity index (χ4v) is 4.44. The summed E-state index contributed by atoms with van der Waals surface area (Å²) in [6, 6.07) is 22.2. The molecule has 2 atom stereocenters. The Labute approximate surface area is 202 Å². The van der Waals surface area contributed by atoms with Crippen LogP contribution < -0.4 is 5.32 Å². The molecule has 1 fully saturated rings. The molecule has 34 heavy (non-hydrogen) atoms. The van der Waals surface area contributed by atoms with Crippen molar-refractivity contribution in [3.05, 3.63) is 108 Å². The van der Waals surface area contributed by atoms with Crippen LogP contribution in [0.1, 0.15) is 39.6 Å². The van der Waals surface area contributed by atoms with Gasteiger partial charge in [0.25, 0.3) is 0 Å². The number of aromatic nitrogens is 2. The van der Waals surface area contributed by atoms with Gasteiger partial charge in [-0.15, -0.1) is 0 Å². The number of hydrogen-bond donors (Lipinski definition) is 1. The largest absolute Gasteiger partial charge is 0.465 e. The zero-order chi connectivity index (χ0) is 23.5. The lowest BCUT2D eigenvalue weighted by Crippen LogP contribution is -2.29. The maximum atomic E-state index is 12.0. The zero-order valence-electron chi connectivity index (χ0n) is 18.4. The number of furan rings is 1. The van der Waals surface area contributed by atoms with Gasteiger partial charge < -0.3 is 19.4 Å². The summed E-state index contributed by atoms with van der Waals surface area (Å²) in [5.74, 6) is 0.990. The van der Waals surface area contributed by atoms with E-state index < -0.39 is 5.97 Å². The maximum Gasteiger partial charge on any atom is 0.337 e. The lowest BCUT2D eigenvalue weighted by Gasteiger charge is -2.25. The van der Waals surface area contributed by atoms with Crippen molar-refractivity contribution in [2.45, 2.75) is 18.6 Å². The number of pyridine rings is 2. The Balaban J connectivity index is 1.52. The summed E-state index contributed by atoms with van der Waals surface area (Å²) in [6.45, 7) is 0.522. The first-order valence-corrected chi connectivity index (χ1v) is 11.2. The van der Waals surface area contributed by atoms with Crippen LogP contribution in [0.25, 0.3) is 11.3 Å². The molecule has 1 N–H and O–H groups in total. The number of carbonyl (C=O) groups is 1. The number of thiocarbonyl (C=S) groups is 1. The molecule has 5 rings (SSSR count). The summed E-state index contributed by atoms with van der Waals surface area (Å²) in [6.07, 6.45) is 3.54. The third-order valence-electron chi connectivity index (χ3n) is 5.74. The standard InChI is InChI=1S/C26H22N4O3S/c1-32-25(31)18-8-6-7-17(15-18)21-11-12-22(33-21)24-23(20-10-3-5-14-28-20)29-26(34)30(24)16-19-9-2-4-13-27-19/h2-15,23-24H,16H2,1H3,(H,29,34)/t23-,24-/m0/s1. The van der Waals surface area contributed by atoms with Crippen molar-refractivity contribution >= 4 is 23.3 Å². The van der Waals surface area contributed by atoms with Crippen LogP contribution in [0.15, 0.2) is 89.6 Å². The molecule has 1 aliphatic rings. The lowest BCUT2D eigenvalue weighted by molar-refractivity contribution is 0.0601.